The van der Waals surface area contributed by atoms with E-state index in [1.807, 2.05) is 55.5 Å². The van der Waals surface area contributed by atoms with Gasteiger partial charge in [-0.3, -0.25) is 4.79 Å². The molecular weight excluding hydrogens is 318 g/mol. The van der Waals surface area contributed by atoms with Gasteiger partial charge in [0.2, 0.25) is 0 Å². The van der Waals surface area contributed by atoms with E-state index in [2.05, 4.69) is 5.32 Å². The highest BCUT2D eigenvalue weighted by Gasteiger charge is 2.17. The van der Waals surface area contributed by atoms with E-state index < -0.39 is 0 Å². The van der Waals surface area contributed by atoms with Crippen LogP contribution in [0.4, 0.5) is 0 Å². The highest BCUT2D eigenvalue weighted by molar-refractivity contribution is 5.99. The normalized spacial score (nSPS) is 12.5. The van der Waals surface area contributed by atoms with Gasteiger partial charge in [-0.15, -0.1) is 0 Å². The maximum absolute atomic E-state index is 12.3. The molecule has 0 atom stereocenters. The molecule has 130 valence electrons. The minimum absolute atomic E-state index is 0.144. The maximum atomic E-state index is 12.3. The van der Waals surface area contributed by atoms with Crippen molar-refractivity contribution in [3.05, 3.63) is 59.2 Å². The summed E-state index contributed by atoms with van der Waals surface area (Å²) in [7, 11) is 1.61. The minimum Gasteiger partial charge on any atom is -0.497 e. The number of nitrogens with one attached hydrogen (secondary N) is 1. The van der Waals surface area contributed by atoms with Crippen LogP contribution in [0.3, 0.4) is 0 Å². The highest BCUT2D eigenvalue weighted by Crippen LogP contribution is 2.30. The second-order valence-electron chi connectivity index (χ2n) is 5.73. The number of hydrogen-bond acceptors (Lipinski definition) is 4. The van der Waals surface area contributed by atoms with Crippen molar-refractivity contribution >= 4 is 12.0 Å². The van der Waals surface area contributed by atoms with Gasteiger partial charge in [-0.25, -0.2) is 0 Å². The third kappa shape index (κ3) is 4.12. The highest BCUT2D eigenvalue weighted by atomic mass is 16.5. The van der Waals surface area contributed by atoms with Crippen LogP contribution in [0.5, 0.6) is 17.2 Å². The fourth-order valence-corrected chi connectivity index (χ4v) is 2.56. The molecule has 2 aromatic rings. The molecule has 3 rings (SSSR count). The Morgan fingerprint density at radius 1 is 1.24 bits per heavy atom. The first-order valence-corrected chi connectivity index (χ1v) is 8.15. The molecule has 25 heavy (non-hydrogen) atoms. The number of methoxy groups -OCH3 is 1. The van der Waals surface area contributed by atoms with E-state index >= 15 is 0 Å². The summed E-state index contributed by atoms with van der Waals surface area (Å²) in [5, 5.41) is 2.86. The smallest absolute Gasteiger partial charge is 0.250 e. The number of benzene rings is 2. The summed E-state index contributed by atoms with van der Waals surface area (Å²) < 4.78 is 16.5. The van der Waals surface area contributed by atoms with Crippen molar-refractivity contribution in [3.63, 3.8) is 0 Å². The number of fused-ring (bicyclic) bond motifs is 1. The van der Waals surface area contributed by atoms with Crippen molar-refractivity contribution < 1.29 is 19.0 Å². The predicted octanol–water partition coefficient (Wildman–Crippen LogP) is 2.97. The summed E-state index contributed by atoms with van der Waals surface area (Å²) >= 11 is 0. The number of ether oxygens (including phenoxy) is 3. The van der Waals surface area contributed by atoms with Crippen molar-refractivity contribution in [3.8, 4) is 17.2 Å². The van der Waals surface area contributed by atoms with Crippen LogP contribution in [0.1, 0.15) is 11.1 Å². The fraction of sp³-hybridized carbons (Fsp3) is 0.250. The first-order chi connectivity index (χ1) is 12.2. The summed E-state index contributed by atoms with van der Waals surface area (Å²) in [6.45, 7) is 3.08. The zero-order valence-corrected chi connectivity index (χ0v) is 14.4. The average Bonchev–Trinajstić information content (AvgIpc) is 2.65. The van der Waals surface area contributed by atoms with Gasteiger partial charge in [0.1, 0.15) is 30.5 Å². The Bertz CT molecular complexity index is 798. The Kier molecular flexibility index (Phi) is 5.23. The standard InChI is InChI=1S/C20H21NO4/c1-14-5-3-4-6-18(14)24-10-9-21-20(22)16-11-15-7-8-17(23-2)12-19(15)25-13-16/h3-8,11-12H,9-10,13H2,1-2H3,(H,21,22). The second-order valence-corrected chi connectivity index (χ2v) is 5.73. The van der Waals surface area contributed by atoms with Crippen LogP contribution < -0.4 is 19.5 Å². The summed E-state index contributed by atoms with van der Waals surface area (Å²) in [6.07, 6.45) is 1.84. The van der Waals surface area contributed by atoms with Crippen molar-refractivity contribution in [1.29, 1.82) is 0 Å². The predicted molar refractivity (Wildman–Crippen MR) is 96.1 cm³/mol. The molecule has 1 aliphatic rings. The zero-order valence-electron chi connectivity index (χ0n) is 14.4. The van der Waals surface area contributed by atoms with Crippen molar-refractivity contribution in [2.24, 2.45) is 0 Å². The molecule has 1 amide bonds. The lowest BCUT2D eigenvalue weighted by Gasteiger charge is -2.18. The molecule has 1 heterocycles. The molecule has 0 bridgehead atoms. The lowest BCUT2D eigenvalue weighted by molar-refractivity contribution is -0.117. The molecule has 0 aromatic heterocycles. The quantitative estimate of drug-likeness (QED) is 0.822. The first-order valence-electron chi connectivity index (χ1n) is 8.15. The first kappa shape index (κ1) is 16.9. The third-order valence-corrected chi connectivity index (χ3v) is 3.96. The summed E-state index contributed by atoms with van der Waals surface area (Å²) in [5.41, 5.74) is 2.53. The lowest BCUT2D eigenvalue weighted by atomic mass is 10.1. The average molecular weight is 339 g/mol. The Morgan fingerprint density at radius 2 is 2.08 bits per heavy atom. The third-order valence-electron chi connectivity index (χ3n) is 3.96. The number of aryl methyl sites for hydroxylation is 1. The molecule has 1 aliphatic heterocycles. The van der Waals surface area contributed by atoms with Crippen LogP contribution >= 0.6 is 0 Å². The topological polar surface area (TPSA) is 56.8 Å². The van der Waals surface area contributed by atoms with E-state index in [1.54, 1.807) is 7.11 Å². The van der Waals surface area contributed by atoms with Gasteiger partial charge in [-0.2, -0.15) is 0 Å². The number of carbonyl (C=O) groups excluding carboxylic acids is 1. The molecular formula is C20H21NO4. The zero-order chi connectivity index (χ0) is 17.6. The largest absolute Gasteiger partial charge is 0.497 e. The van der Waals surface area contributed by atoms with Crippen molar-refractivity contribution in [2.75, 3.05) is 26.9 Å². The van der Waals surface area contributed by atoms with Crippen LogP contribution in [0.15, 0.2) is 48.0 Å². The van der Waals surface area contributed by atoms with E-state index in [0.717, 1.165) is 28.4 Å². The molecule has 1 N–H and O–H groups in total. The number of hydrogen-bond donors (Lipinski definition) is 1. The molecule has 2 aromatic carbocycles. The number of amides is 1. The SMILES string of the molecule is COc1ccc2c(c1)OCC(C(=O)NCCOc1ccccc1C)=C2. The second kappa shape index (κ2) is 7.75. The van der Waals surface area contributed by atoms with Crippen LogP contribution in [0.2, 0.25) is 0 Å². The Hall–Kier alpha value is -2.95. The van der Waals surface area contributed by atoms with E-state index in [-0.39, 0.29) is 12.5 Å². The number of para-hydroxylation sites is 1. The van der Waals surface area contributed by atoms with Crippen molar-refractivity contribution in [1.82, 2.24) is 5.32 Å². The Balaban J connectivity index is 1.53. The number of rotatable bonds is 6. The monoisotopic (exact) mass is 339 g/mol. The van der Waals surface area contributed by atoms with Crippen LogP contribution in [0.25, 0.3) is 6.08 Å². The molecule has 0 fully saturated rings. The van der Waals surface area contributed by atoms with Gasteiger partial charge in [0.15, 0.2) is 0 Å². The van der Waals surface area contributed by atoms with Crippen LogP contribution in [-0.2, 0) is 4.79 Å². The van der Waals surface area contributed by atoms with Gasteiger partial charge >= 0.3 is 0 Å². The molecule has 0 unspecified atom stereocenters. The van der Waals surface area contributed by atoms with Gasteiger partial charge in [-0.1, -0.05) is 18.2 Å². The van der Waals surface area contributed by atoms with Crippen molar-refractivity contribution in [2.45, 2.75) is 6.92 Å². The Labute approximate surface area is 147 Å². The van der Waals surface area contributed by atoms with E-state index in [1.165, 1.54) is 0 Å². The number of carbonyl (C=O) groups is 1. The van der Waals surface area contributed by atoms with Gasteiger partial charge in [0.25, 0.3) is 5.91 Å². The minimum atomic E-state index is -0.144. The van der Waals surface area contributed by atoms with Crippen LogP contribution in [0, 0.1) is 6.92 Å². The maximum Gasteiger partial charge on any atom is 0.250 e. The molecule has 0 aliphatic carbocycles. The fourth-order valence-electron chi connectivity index (χ4n) is 2.56. The van der Waals surface area contributed by atoms with Crippen LogP contribution in [-0.4, -0.2) is 32.8 Å². The summed E-state index contributed by atoms with van der Waals surface area (Å²) in [4.78, 5) is 12.3. The molecule has 5 heteroatoms. The summed E-state index contributed by atoms with van der Waals surface area (Å²) in [5.74, 6) is 2.14. The molecule has 0 radical (unpaired) electrons. The Morgan fingerprint density at radius 3 is 2.88 bits per heavy atom. The van der Waals surface area contributed by atoms with E-state index in [9.17, 15) is 4.79 Å². The van der Waals surface area contributed by atoms with Gasteiger partial charge < -0.3 is 19.5 Å². The van der Waals surface area contributed by atoms with E-state index in [4.69, 9.17) is 14.2 Å². The van der Waals surface area contributed by atoms with E-state index in [0.29, 0.717) is 18.7 Å². The van der Waals surface area contributed by atoms with Gasteiger partial charge in [0, 0.05) is 11.6 Å². The molecule has 0 saturated heterocycles. The van der Waals surface area contributed by atoms with Gasteiger partial charge in [0.05, 0.1) is 19.2 Å². The molecule has 5 nitrogen and oxygen atoms in total. The van der Waals surface area contributed by atoms with Gasteiger partial charge in [-0.05, 0) is 36.8 Å². The lowest BCUT2D eigenvalue weighted by Crippen LogP contribution is -2.31. The molecule has 0 saturated carbocycles. The molecule has 0 spiro atoms. The summed E-state index contributed by atoms with van der Waals surface area (Å²) in [6, 6.07) is 13.3.